The van der Waals surface area contributed by atoms with Gasteiger partial charge in [0.15, 0.2) is 0 Å². The van der Waals surface area contributed by atoms with Gasteiger partial charge >= 0.3 is 0 Å². The Morgan fingerprint density at radius 3 is 2.29 bits per heavy atom. The van der Waals surface area contributed by atoms with E-state index in [0.717, 1.165) is 31.5 Å². The first-order valence-electron chi connectivity index (χ1n) is 11.8. The summed E-state index contributed by atoms with van der Waals surface area (Å²) in [7, 11) is 0. The zero-order valence-electron chi connectivity index (χ0n) is 19.6. The topological polar surface area (TPSA) is 109 Å². The highest BCUT2D eigenvalue weighted by molar-refractivity contribution is 5.98. The molecule has 0 aromatic heterocycles. The van der Waals surface area contributed by atoms with Crippen LogP contribution in [0.25, 0.3) is 0 Å². The molecule has 1 heterocycles. The summed E-state index contributed by atoms with van der Waals surface area (Å²) in [6, 6.07) is 23.4. The molecule has 1 atom stereocenters. The van der Waals surface area contributed by atoms with E-state index in [1.54, 1.807) is 48.5 Å². The number of amidine groups is 1. The number of hydrogen-bond donors (Lipinski definition) is 3. The van der Waals surface area contributed by atoms with Crippen molar-refractivity contribution < 1.29 is 14.3 Å². The van der Waals surface area contributed by atoms with Crippen LogP contribution in [0.2, 0.25) is 0 Å². The van der Waals surface area contributed by atoms with E-state index in [1.165, 1.54) is 0 Å². The number of rotatable bonds is 9. The summed E-state index contributed by atoms with van der Waals surface area (Å²) >= 11 is 0. The van der Waals surface area contributed by atoms with E-state index in [4.69, 9.17) is 15.9 Å². The minimum atomic E-state index is -0.295. The van der Waals surface area contributed by atoms with Gasteiger partial charge in [0.05, 0.1) is 6.04 Å². The molecule has 1 aliphatic heterocycles. The van der Waals surface area contributed by atoms with Crippen molar-refractivity contribution in [1.82, 2.24) is 10.2 Å². The van der Waals surface area contributed by atoms with Crippen LogP contribution < -0.4 is 15.8 Å². The summed E-state index contributed by atoms with van der Waals surface area (Å²) in [5, 5.41) is 10.7. The second-order valence-corrected chi connectivity index (χ2v) is 8.69. The van der Waals surface area contributed by atoms with Gasteiger partial charge in [-0.15, -0.1) is 0 Å². The van der Waals surface area contributed by atoms with Crippen LogP contribution >= 0.6 is 0 Å². The Hall–Kier alpha value is -4.13. The minimum absolute atomic E-state index is 0.0117. The largest absolute Gasteiger partial charge is 0.491 e. The summed E-state index contributed by atoms with van der Waals surface area (Å²) < 4.78 is 5.96. The fraction of sp³-hybridized carbons (Fsp3) is 0.250. The summed E-state index contributed by atoms with van der Waals surface area (Å²) in [6.45, 7) is 1.82. The second kappa shape index (κ2) is 11.3. The number of carbonyl (C=O) groups is 2. The third-order valence-corrected chi connectivity index (χ3v) is 6.04. The Morgan fingerprint density at radius 1 is 0.914 bits per heavy atom. The summed E-state index contributed by atoms with van der Waals surface area (Å²) in [5.41, 5.74) is 8.32. The van der Waals surface area contributed by atoms with E-state index >= 15 is 0 Å². The number of benzene rings is 3. The van der Waals surface area contributed by atoms with Gasteiger partial charge in [-0.2, -0.15) is 0 Å². The Kier molecular flexibility index (Phi) is 7.77. The van der Waals surface area contributed by atoms with E-state index in [1.807, 2.05) is 35.2 Å². The van der Waals surface area contributed by atoms with Crippen molar-refractivity contribution in [2.75, 3.05) is 19.7 Å². The zero-order chi connectivity index (χ0) is 24.6. The molecule has 1 saturated heterocycles. The first kappa shape index (κ1) is 24.0. The third-order valence-electron chi connectivity index (χ3n) is 6.04. The van der Waals surface area contributed by atoms with Gasteiger partial charge in [-0.3, -0.25) is 15.0 Å². The molecule has 0 spiro atoms. The van der Waals surface area contributed by atoms with Crippen LogP contribution in [0.4, 0.5) is 0 Å². The Balaban J connectivity index is 1.43. The third kappa shape index (κ3) is 6.47. The highest BCUT2D eigenvalue weighted by atomic mass is 16.5. The first-order chi connectivity index (χ1) is 17.0. The zero-order valence-corrected chi connectivity index (χ0v) is 19.6. The molecule has 1 aliphatic rings. The van der Waals surface area contributed by atoms with Crippen LogP contribution in [-0.4, -0.2) is 48.3 Å². The van der Waals surface area contributed by atoms with Crippen LogP contribution in [0.3, 0.4) is 0 Å². The molecule has 0 aliphatic carbocycles. The van der Waals surface area contributed by atoms with Crippen molar-refractivity contribution in [3.63, 3.8) is 0 Å². The maximum absolute atomic E-state index is 13.0. The first-order valence-corrected chi connectivity index (χ1v) is 11.8. The van der Waals surface area contributed by atoms with Crippen molar-refractivity contribution in [2.45, 2.75) is 25.3 Å². The summed E-state index contributed by atoms with van der Waals surface area (Å²) in [5.74, 6) is 0.329. The molecule has 180 valence electrons. The lowest BCUT2D eigenvalue weighted by atomic mass is 10.1. The lowest BCUT2D eigenvalue weighted by Crippen LogP contribution is -2.40. The quantitative estimate of drug-likeness (QED) is 0.328. The molecule has 3 aromatic carbocycles. The molecule has 7 nitrogen and oxygen atoms in total. The van der Waals surface area contributed by atoms with Crippen LogP contribution in [-0.2, 0) is 6.42 Å². The fourth-order valence-electron chi connectivity index (χ4n) is 4.14. The molecule has 4 N–H and O–H groups in total. The predicted molar refractivity (Wildman–Crippen MR) is 136 cm³/mol. The fourth-order valence-corrected chi connectivity index (χ4v) is 4.14. The smallest absolute Gasteiger partial charge is 0.253 e. The van der Waals surface area contributed by atoms with E-state index in [-0.39, 0.29) is 30.3 Å². The molecular weight excluding hydrogens is 440 g/mol. The van der Waals surface area contributed by atoms with Gasteiger partial charge in [0.2, 0.25) is 0 Å². The summed E-state index contributed by atoms with van der Waals surface area (Å²) in [4.78, 5) is 27.5. The molecule has 2 amide bonds. The number of carbonyl (C=O) groups excluding carboxylic acids is 2. The lowest BCUT2D eigenvalue weighted by Gasteiger charge is -2.20. The van der Waals surface area contributed by atoms with Crippen LogP contribution in [0.15, 0.2) is 78.9 Å². The molecule has 4 rings (SSSR count). The molecule has 0 radical (unpaired) electrons. The monoisotopic (exact) mass is 470 g/mol. The molecule has 1 fully saturated rings. The maximum atomic E-state index is 13.0. The van der Waals surface area contributed by atoms with Crippen molar-refractivity contribution in [2.24, 2.45) is 5.73 Å². The maximum Gasteiger partial charge on any atom is 0.253 e. The Bertz CT molecular complexity index is 1170. The lowest BCUT2D eigenvalue weighted by molar-refractivity contribution is 0.0791. The minimum Gasteiger partial charge on any atom is -0.491 e. The number of nitrogens with zero attached hydrogens (tertiary/aromatic N) is 1. The van der Waals surface area contributed by atoms with E-state index in [0.29, 0.717) is 28.9 Å². The Labute approximate surface area is 205 Å². The number of ether oxygens (including phenoxy) is 1. The van der Waals surface area contributed by atoms with Crippen LogP contribution in [0.5, 0.6) is 5.75 Å². The van der Waals surface area contributed by atoms with Crippen LogP contribution in [0, 0.1) is 5.41 Å². The van der Waals surface area contributed by atoms with Gasteiger partial charge in [-0.1, -0.05) is 42.5 Å². The van der Waals surface area contributed by atoms with Gasteiger partial charge in [-0.25, -0.2) is 0 Å². The molecular formula is C28H30N4O3. The predicted octanol–water partition coefficient (Wildman–Crippen LogP) is 3.63. The summed E-state index contributed by atoms with van der Waals surface area (Å²) in [6.07, 6.45) is 2.66. The molecule has 1 unspecified atom stereocenters. The van der Waals surface area contributed by atoms with Crippen LogP contribution in [0.1, 0.15) is 44.7 Å². The van der Waals surface area contributed by atoms with Gasteiger partial charge in [0, 0.05) is 29.8 Å². The molecule has 7 heteroatoms. The van der Waals surface area contributed by atoms with E-state index in [2.05, 4.69) is 5.32 Å². The highest BCUT2D eigenvalue weighted by Gasteiger charge is 2.20. The van der Waals surface area contributed by atoms with Crippen molar-refractivity contribution in [3.8, 4) is 5.75 Å². The Morgan fingerprint density at radius 2 is 1.60 bits per heavy atom. The van der Waals surface area contributed by atoms with Crippen molar-refractivity contribution in [1.29, 1.82) is 5.41 Å². The van der Waals surface area contributed by atoms with Crippen molar-refractivity contribution >= 4 is 17.6 Å². The SMILES string of the molecule is N=C(N)c1cccc(OCC(Cc2ccccc2)NC(=O)c2ccc(C(=O)N3CCCC3)cc2)c1. The number of hydrogen-bond acceptors (Lipinski definition) is 4. The molecule has 3 aromatic rings. The molecule has 0 bridgehead atoms. The average Bonchev–Trinajstić information content (AvgIpc) is 3.43. The second-order valence-electron chi connectivity index (χ2n) is 8.69. The van der Waals surface area contributed by atoms with Gasteiger partial charge in [0.1, 0.15) is 18.2 Å². The standard InChI is InChI=1S/C28H30N4O3/c29-26(30)23-9-6-10-25(18-23)35-19-24(17-20-7-2-1-3-8-20)31-27(33)21-11-13-22(14-12-21)28(34)32-15-4-5-16-32/h1-3,6-14,18,24H,4-5,15-17,19H2,(H3,29,30)(H,31,33). The number of nitrogen functional groups attached to an aromatic ring is 1. The number of amides is 2. The van der Waals surface area contributed by atoms with E-state index in [9.17, 15) is 9.59 Å². The van der Waals surface area contributed by atoms with Crippen molar-refractivity contribution in [3.05, 3.63) is 101 Å². The number of nitrogens with one attached hydrogen (secondary N) is 2. The molecule has 35 heavy (non-hydrogen) atoms. The van der Waals surface area contributed by atoms with Gasteiger partial charge in [-0.05, 0) is 61.2 Å². The highest BCUT2D eigenvalue weighted by Crippen LogP contribution is 2.16. The normalized spacial score (nSPS) is 13.8. The van der Waals surface area contributed by atoms with E-state index < -0.39 is 0 Å². The van der Waals surface area contributed by atoms with Gasteiger partial charge in [0.25, 0.3) is 11.8 Å². The number of likely N-dealkylation sites (tertiary alicyclic amines) is 1. The van der Waals surface area contributed by atoms with Gasteiger partial charge < -0.3 is 20.7 Å². The average molecular weight is 471 g/mol. The number of nitrogens with two attached hydrogens (primary N) is 1. The molecule has 0 saturated carbocycles.